The number of benzene rings is 2. The Kier molecular flexibility index (Phi) is 6.19. The van der Waals surface area contributed by atoms with E-state index in [0.717, 1.165) is 6.26 Å². The van der Waals surface area contributed by atoms with Crippen molar-refractivity contribution < 1.29 is 22.7 Å². The molecule has 3 rings (SSSR count). The van der Waals surface area contributed by atoms with Gasteiger partial charge in [0, 0.05) is 29.9 Å². The predicted octanol–water partition coefficient (Wildman–Crippen LogP) is 2.09. The molecule has 1 heterocycles. The Morgan fingerprint density at radius 3 is 2.45 bits per heavy atom. The van der Waals surface area contributed by atoms with Crippen molar-refractivity contribution in [3.8, 4) is 0 Å². The van der Waals surface area contributed by atoms with Crippen molar-refractivity contribution in [1.82, 2.24) is 4.90 Å². The molecule has 2 amide bonds. The molecule has 0 saturated carbocycles. The normalized spacial score (nSPS) is 14.3. The average Bonchev–Trinajstić information content (AvgIpc) is 2.69. The lowest BCUT2D eigenvalue weighted by Gasteiger charge is -2.27. The highest BCUT2D eigenvalue weighted by molar-refractivity contribution is 7.92. The topological polar surface area (TPSA) is 105 Å². The molecule has 154 valence electrons. The van der Waals surface area contributed by atoms with Crippen LogP contribution < -0.4 is 10.0 Å². The summed E-state index contributed by atoms with van der Waals surface area (Å²) in [6.45, 7) is 3.85. The first-order valence-corrected chi connectivity index (χ1v) is 11.0. The van der Waals surface area contributed by atoms with Gasteiger partial charge in [0.2, 0.25) is 10.0 Å². The number of carbonyl (C=O) groups is 2. The molecule has 1 aliphatic rings. The van der Waals surface area contributed by atoms with Crippen LogP contribution in [0.5, 0.6) is 0 Å². The van der Waals surface area contributed by atoms with Gasteiger partial charge in [-0.15, -0.1) is 0 Å². The Hall–Kier alpha value is -2.91. The second-order valence-electron chi connectivity index (χ2n) is 6.84. The van der Waals surface area contributed by atoms with Gasteiger partial charge in [0.1, 0.15) is 0 Å². The summed E-state index contributed by atoms with van der Waals surface area (Å²) in [6, 6.07) is 11.5. The molecule has 1 aliphatic heterocycles. The first kappa shape index (κ1) is 20.8. The number of morpholine rings is 1. The lowest BCUT2D eigenvalue weighted by atomic mass is 10.1. The number of anilines is 2. The molecule has 29 heavy (non-hydrogen) atoms. The van der Waals surface area contributed by atoms with Gasteiger partial charge in [0.25, 0.3) is 11.8 Å². The highest BCUT2D eigenvalue weighted by Gasteiger charge is 2.19. The Labute approximate surface area is 169 Å². The van der Waals surface area contributed by atoms with Crippen LogP contribution in [0.15, 0.2) is 42.5 Å². The van der Waals surface area contributed by atoms with E-state index in [1.165, 1.54) is 6.07 Å². The Morgan fingerprint density at radius 1 is 1.03 bits per heavy atom. The molecule has 0 aromatic heterocycles. The third-order valence-corrected chi connectivity index (χ3v) is 5.05. The van der Waals surface area contributed by atoms with E-state index in [2.05, 4.69) is 10.0 Å². The van der Waals surface area contributed by atoms with Crippen LogP contribution in [0.25, 0.3) is 0 Å². The van der Waals surface area contributed by atoms with Crippen LogP contribution in [-0.4, -0.2) is 57.7 Å². The Balaban J connectivity index is 1.75. The molecule has 0 radical (unpaired) electrons. The number of nitrogens with zero attached hydrogens (tertiary/aromatic N) is 1. The van der Waals surface area contributed by atoms with E-state index in [-0.39, 0.29) is 5.91 Å². The maximum Gasteiger partial charge on any atom is 0.255 e. The minimum Gasteiger partial charge on any atom is -0.378 e. The number of amides is 2. The smallest absolute Gasteiger partial charge is 0.255 e. The average molecular weight is 417 g/mol. The molecule has 0 unspecified atom stereocenters. The molecule has 2 aromatic carbocycles. The molecule has 2 N–H and O–H groups in total. The fourth-order valence-electron chi connectivity index (χ4n) is 2.96. The summed E-state index contributed by atoms with van der Waals surface area (Å²) >= 11 is 0. The summed E-state index contributed by atoms with van der Waals surface area (Å²) in [6.07, 6.45) is 1.05. The maximum absolute atomic E-state index is 12.6. The molecule has 1 fully saturated rings. The summed E-state index contributed by atoms with van der Waals surface area (Å²) in [5.74, 6) is -0.517. The number of carbonyl (C=O) groups excluding carboxylic acids is 2. The predicted molar refractivity (Wildman–Crippen MR) is 111 cm³/mol. The van der Waals surface area contributed by atoms with E-state index >= 15 is 0 Å². The van der Waals surface area contributed by atoms with E-state index in [9.17, 15) is 18.0 Å². The number of ether oxygens (including phenoxy) is 1. The molecule has 0 bridgehead atoms. The van der Waals surface area contributed by atoms with Crippen LogP contribution >= 0.6 is 0 Å². The second-order valence-corrected chi connectivity index (χ2v) is 8.59. The van der Waals surface area contributed by atoms with E-state index in [0.29, 0.717) is 54.4 Å². The van der Waals surface area contributed by atoms with Crippen LogP contribution in [0, 0.1) is 6.92 Å². The first-order valence-electron chi connectivity index (χ1n) is 9.10. The fourth-order valence-corrected chi connectivity index (χ4v) is 3.57. The third-order valence-electron chi connectivity index (χ3n) is 4.46. The molecular weight excluding hydrogens is 394 g/mol. The van der Waals surface area contributed by atoms with E-state index < -0.39 is 15.9 Å². The molecule has 0 aliphatic carbocycles. The van der Waals surface area contributed by atoms with E-state index in [4.69, 9.17) is 4.74 Å². The molecule has 0 atom stereocenters. The largest absolute Gasteiger partial charge is 0.378 e. The molecular formula is C20H23N3O5S. The van der Waals surface area contributed by atoms with Gasteiger partial charge < -0.3 is 15.0 Å². The van der Waals surface area contributed by atoms with Crippen LogP contribution in [0.1, 0.15) is 26.3 Å². The zero-order valence-corrected chi connectivity index (χ0v) is 17.1. The first-order chi connectivity index (χ1) is 13.7. The van der Waals surface area contributed by atoms with Gasteiger partial charge in [-0.3, -0.25) is 14.3 Å². The van der Waals surface area contributed by atoms with Crippen molar-refractivity contribution in [2.24, 2.45) is 0 Å². The molecule has 9 heteroatoms. The van der Waals surface area contributed by atoms with E-state index in [1.54, 1.807) is 48.2 Å². The van der Waals surface area contributed by atoms with Gasteiger partial charge in [-0.2, -0.15) is 0 Å². The zero-order valence-electron chi connectivity index (χ0n) is 16.3. The SMILES string of the molecule is Cc1ccc(C(=O)Nc2cccc(C(=O)N3CCOCC3)c2)cc1NS(C)(=O)=O. The summed E-state index contributed by atoms with van der Waals surface area (Å²) < 4.78 is 30.7. The van der Waals surface area contributed by atoms with Gasteiger partial charge in [-0.25, -0.2) is 8.42 Å². The van der Waals surface area contributed by atoms with Crippen molar-refractivity contribution in [1.29, 1.82) is 0 Å². The number of hydrogen-bond acceptors (Lipinski definition) is 5. The van der Waals surface area contributed by atoms with Crippen LogP contribution in [0.2, 0.25) is 0 Å². The highest BCUT2D eigenvalue weighted by atomic mass is 32.2. The van der Waals surface area contributed by atoms with Gasteiger partial charge in [0.05, 0.1) is 25.2 Å². The Bertz CT molecular complexity index is 1030. The van der Waals surface area contributed by atoms with Gasteiger partial charge in [0.15, 0.2) is 0 Å². The third kappa shape index (κ3) is 5.55. The monoisotopic (exact) mass is 417 g/mol. The maximum atomic E-state index is 12.6. The number of hydrogen-bond donors (Lipinski definition) is 2. The highest BCUT2D eigenvalue weighted by Crippen LogP contribution is 2.20. The number of rotatable bonds is 5. The van der Waals surface area contributed by atoms with Gasteiger partial charge in [-0.1, -0.05) is 12.1 Å². The molecule has 0 spiro atoms. The van der Waals surface area contributed by atoms with Crippen LogP contribution in [0.3, 0.4) is 0 Å². The molecule has 2 aromatic rings. The van der Waals surface area contributed by atoms with Crippen LogP contribution in [-0.2, 0) is 14.8 Å². The Morgan fingerprint density at radius 2 is 1.76 bits per heavy atom. The summed E-state index contributed by atoms with van der Waals surface area (Å²) in [7, 11) is -3.46. The van der Waals surface area contributed by atoms with Crippen molar-refractivity contribution >= 4 is 33.2 Å². The summed E-state index contributed by atoms with van der Waals surface area (Å²) in [5, 5.41) is 2.75. The van der Waals surface area contributed by atoms with Crippen molar-refractivity contribution in [3.05, 3.63) is 59.2 Å². The number of nitrogens with one attached hydrogen (secondary N) is 2. The fraction of sp³-hybridized carbons (Fsp3) is 0.300. The quantitative estimate of drug-likeness (QED) is 0.775. The van der Waals surface area contributed by atoms with Crippen molar-refractivity contribution in [2.45, 2.75) is 6.92 Å². The lowest BCUT2D eigenvalue weighted by molar-refractivity contribution is 0.0303. The minimum absolute atomic E-state index is 0.112. The molecule has 8 nitrogen and oxygen atoms in total. The summed E-state index contributed by atoms with van der Waals surface area (Å²) in [4.78, 5) is 27.0. The lowest BCUT2D eigenvalue weighted by Crippen LogP contribution is -2.40. The standard InChI is InChI=1S/C20H23N3O5S/c1-14-6-7-15(13-18(14)22-29(2,26)27)19(24)21-17-5-3-4-16(12-17)20(25)23-8-10-28-11-9-23/h3-7,12-13,22H,8-11H2,1-2H3,(H,21,24). The minimum atomic E-state index is -3.46. The number of aryl methyl sites for hydroxylation is 1. The number of sulfonamides is 1. The summed E-state index contributed by atoms with van der Waals surface area (Å²) in [5.41, 5.74) is 2.30. The van der Waals surface area contributed by atoms with Crippen molar-refractivity contribution in [3.63, 3.8) is 0 Å². The van der Waals surface area contributed by atoms with E-state index in [1.807, 2.05) is 0 Å². The molecule has 1 saturated heterocycles. The zero-order chi connectivity index (χ0) is 21.0. The van der Waals surface area contributed by atoms with Crippen molar-refractivity contribution in [2.75, 3.05) is 42.6 Å². The second kappa shape index (κ2) is 8.62. The van der Waals surface area contributed by atoms with Gasteiger partial charge in [-0.05, 0) is 42.8 Å². The van der Waals surface area contributed by atoms with Gasteiger partial charge >= 0.3 is 0 Å². The van der Waals surface area contributed by atoms with Crippen LogP contribution in [0.4, 0.5) is 11.4 Å².